The number of amides is 2. The third-order valence-corrected chi connectivity index (χ3v) is 6.22. The number of carbonyl (C=O) groups excluding carboxylic acids is 2. The molecule has 0 unspecified atom stereocenters. The number of hydrogen-bond donors (Lipinski definition) is 2. The highest BCUT2D eigenvalue weighted by atomic mass is 16.6. The van der Waals surface area contributed by atoms with Crippen LogP contribution in [-0.4, -0.2) is 37.5 Å². The fraction of sp³-hybridized carbons (Fsp3) is 0.909. The van der Waals surface area contributed by atoms with Gasteiger partial charge in [0.25, 0.3) is 0 Å². The fourth-order valence-corrected chi connectivity index (χ4v) is 4.26. The Morgan fingerprint density at radius 3 is 1.46 bits per heavy atom. The molecule has 4 atom stereocenters. The molecule has 0 saturated heterocycles. The van der Waals surface area contributed by atoms with Crippen LogP contribution in [0.2, 0.25) is 0 Å². The van der Waals surface area contributed by atoms with Crippen LogP contribution in [0.5, 0.6) is 0 Å². The molecule has 6 heteroatoms. The number of unbranched alkanes of at least 4 members (excludes halogenated alkanes) is 3. The first-order valence-corrected chi connectivity index (χ1v) is 11.4. The van der Waals surface area contributed by atoms with Crippen LogP contribution in [0.25, 0.3) is 0 Å². The smallest absolute Gasteiger partial charge is 0.407 e. The minimum absolute atomic E-state index is 0.0798. The lowest BCUT2D eigenvalue weighted by Crippen LogP contribution is -2.34. The Morgan fingerprint density at radius 1 is 0.679 bits per heavy atom. The van der Waals surface area contributed by atoms with E-state index in [1.54, 1.807) is 0 Å². The maximum atomic E-state index is 11.9. The van der Waals surface area contributed by atoms with E-state index in [-0.39, 0.29) is 24.4 Å². The van der Waals surface area contributed by atoms with Crippen molar-refractivity contribution in [3.05, 3.63) is 0 Å². The summed E-state index contributed by atoms with van der Waals surface area (Å²) in [6.45, 7) is 5.62. The summed E-state index contributed by atoms with van der Waals surface area (Å²) in [4.78, 5) is 23.7. The van der Waals surface area contributed by atoms with Crippen LogP contribution in [0.1, 0.15) is 90.9 Å². The molecular weight excluding hydrogens is 356 g/mol. The summed E-state index contributed by atoms with van der Waals surface area (Å²) in [5.41, 5.74) is 0. The summed E-state index contributed by atoms with van der Waals surface area (Å²) in [6.07, 6.45) is 12.6. The van der Waals surface area contributed by atoms with Gasteiger partial charge in [-0.15, -0.1) is 0 Å². The quantitative estimate of drug-likeness (QED) is 0.528. The van der Waals surface area contributed by atoms with Gasteiger partial charge in [-0.3, -0.25) is 0 Å². The minimum Gasteiger partial charge on any atom is -0.446 e. The Kier molecular flexibility index (Phi) is 10.5. The summed E-state index contributed by atoms with van der Waals surface area (Å²) in [5.74, 6) is 0.944. The molecule has 0 spiro atoms. The summed E-state index contributed by atoms with van der Waals surface area (Å²) >= 11 is 0. The molecule has 0 bridgehead atoms. The van der Waals surface area contributed by atoms with Crippen molar-refractivity contribution in [1.82, 2.24) is 10.6 Å². The molecule has 6 nitrogen and oxygen atoms in total. The van der Waals surface area contributed by atoms with Gasteiger partial charge in [-0.2, -0.15) is 0 Å². The molecule has 2 rings (SSSR count). The molecule has 0 aliphatic heterocycles. The van der Waals surface area contributed by atoms with Crippen LogP contribution in [0.4, 0.5) is 9.59 Å². The molecule has 2 N–H and O–H groups in total. The first-order valence-electron chi connectivity index (χ1n) is 11.4. The topological polar surface area (TPSA) is 76.7 Å². The van der Waals surface area contributed by atoms with E-state index in [1.807, 2.05) is 0 Å². The summed E-state index contributed by atoms with van der Waals surface area (Å²) in [7, 11) is 0. The van der Waals surface area contributed by atoms with Crippen LogP contribution in [-0.2, 0) is 9.47 Å². The third kappa shape index (κ3) is 8.70. The monoisotopic (exact) mass is 396 g/mol. The van der Waals surface area contributed by atoms with Crippen LogP contribution in [0, 0.1) is 11.8 Å². The summed E-state index contributed by atoms with van der Waals surface area (Å²) in [5, 5.41) is 5.72. The predicted molar refractivity (Wildman–Crippen MR) is 110 cm³/mol. The Bertz CT molecular complexity index is 429. The van der Waals surface area contributed by atoms with Gasteiger partial charge in [0.2, 0.25) is 0 Å². The standard InChI is InChI=1S/C22H40N2O4/c1-17-11-5-7-13-19(17)27-21(25)23-15-9-3-4-10-16-24-22(26)28-20-14-8-6-12-18(20)2/h17-20H,3-16H2,1-2H3,(H,23,25)(H,24,26)/t17-,18+,19-,20-/m0/s1. The highest BCUT2D eigenvalue weighted by Crippen LogP contribution is 2.27. The van der Waals surface area contributed by atoms with E-state index in [4.69, 9.17) is 9.47 Å². The van der Waals surface area contributed by atoms with E-state index in [9.17, 15) is 9.59 Å². The van der Waals surface area contributed by atoms with Crippen molar-refractivity contribution in [3.8, 4) is 0 Å². The SMILES string of the molecule is C[C@@H]1CCCC[C@@H]1OC(=O)NCCCCCCNC(=O)O[C@H]1CCCC[C@@H]1C. The van der Waals surface area contributed by atoms with Crippen molar-refractivity contribution in [3.63, 3.8) is 0 Å². The van der Waals surface area contributed by atoms with Crippen molar-refractivity contribution >= 4 is 12.2 Å². The fourth-order valence-electron chi connectivity index (χ4n) is 4.26. The predicted octanol–water partition coefficient (Wildman–Crippen LogP) is 5.16. The van der Waals surface area contributed by atoms with Crippen LogP contribution >= 0.6 is 0 Å². The van der Waals surface area contributed by atoms with Gasteiger partial charge in [-0.25, -0.2) is 9.59 Å². The van der Waals surface area contributed by atoms with Gasteiger partial charge in [0.1, 0.15) is 12.2 Å². The highest BCUT2D eigenvalue weighted by molar-refractivity contribution is 5.67. The van der Waals surface area contributed by atoms with E-state index < -0.39 is 0 Å². The Hall–Kier alpha value is -1.46. The zero-order valence-electron chi connectivity index (χ0n) is 17.8. The lowest BCUT2D eigenvalue weighted by molar-refractivity contribution is 0.0429. The van der Waals surface area contributed by atoms with Gasteiger partial charge in [0.05, 0.1) is 0 Å². The first kappa shape index (κ1) is 22.8. The average molecular weight is 397 g/mol. The van der Waals surface area contributed by atoms with Gasteiger partial charge in [0, 0.05) is 13.1 Å². The van der Waals surface area contributed by atoms with E-state index in [2.05, 4.69) is 24.5 Å². The molecule has 28 heavy (non-hydrogen) atoms. The molecule has 0 aromatic rings. The molecular formula is C22H40N2O4. The minimum atomic E-state index is -0.278. The maximum absolute atomic E-state index is 11.9. The number of ether oxygens (including phenoxy) is 2. The van der Waals surface area contributed by atoms with Gasteiger partial charge >= 0.3 is 12.2 Å². The molecule has 0 aromatic carbocycles. The van der Waals surface area contributed by atoms with E-state index >= 15 is 0 Å². The van der Waals surface area contributed by atoms with Crippen molar-refractivity contribution < 1.29 is 19.1 Å². The summed E-state index contributed by atoms with van der Waals surface area (Å²) in [6, 6.07) is 0. The Labute approximate surface area is 170 Å². The molecule has 0 radical (unpaired) electrons. The highest BCUT2D eigenvalue weighted by Gasteiger charge is 2.25. The number of rotatable bonds is 9. The van der Waals surface area contributed by atoms with Crippen molar-refractivity contribution in [2.24, 2.45) is 11.8 Å². The van der Waals surface area contributed by atoms with E-state index in [0.717, 1.165) is 64.2 Å². The first-order chi connectivity index (χ1) is 13.6. The number of nitrogens with one attached hydrogen (secondary N) is 2. The van der Waals surface area contributed by atoms with Gasteiger partial charge in [0.15, 0.2) is 0 Å². The van der Waals surface area contributed by atoms with Crippen LogP contribution in [0.3, 0.4) is 0 Å². The Balaban J connectivity index is 1.41. The molecule has 2 amide bonds. The maximum Gasteiger partial charge on any atom is 0.407 e. The van der Waals surface area contributed by atoms with Crippen molar-refractivity contribution in [2.45, 2.75) is 103 Å². The molecule has 2 fully saturated rings. The lowest BCUT2D eigenvalue weighted by Gasteiger charge is -2.28. The van der Waals surface area contributed by atoms with Gasteiger partial charge in [-0.05, 0) is 63.2 Å². The second kappa shape index (κ2) is 12.9. The molecule has 2 aliphatic rings. The number of hydrogen-bond acceptors (Lipinski definition) is 4. The lowest BCUT2D eigenvalue weighted by atomic mass is 9.88. The normalized spacial score (nSPS) is 27.6. The van der Waals surface area contributed by atoms with Crippen LogP contribution < -0.4 is 10.6 Å². The molecule has 2 saturated carbocycles. The average Bonchev–Trinajstić information content (AvgIpc) is 2.67. The second-order valence-electron chi connectivity index (χ2n) is 8.68. The zero-order valence-corrected chi connectivity index (χ0v) is 17.8. The Morgan fingerprint density at radius 2 is 1.07 bits per heavy atom. The van der Waals surface area contributed by atoms with Gasteiger partial charge < -0.3 is 20.1 Å². The second-order valence-corrected chi connectivity index (χ2v) is 8.68. The summed E-state index contributed by atoms with van der Waals surface area (Å²) < 4.78 is 11.1. The molecule has 2 aliphatic carbocycles. The van der Waals surface area contributed by atoms with E-state index in [0.29, 0.717) is 24.9 Å². The molecule has 0 aromatic heterocycles. The third-order valence-electron chi connectivity index (χ3n) is 6.22. The molecule has 0 heterocycles. The number of carbonyl (C=O) groups is 2. The largest absolute Gasteiger partial charge is 0.446 e. The van der Waals surface area contributed by atoms with Crippen molar-refractivity contribution in [1.29, 1.82) is 0 Å². The van der Waals surface area contributed by atoms with Crippen molar-refractivity contribution in [2.75, 3.05) is 13.1 Å². The van der Waals surface area contributed by atoms with Gasteiger partial charge in [-0.1, -0.05) is 39.5 Å². The zero-order chi connectivity index (χ0) is 20.2. The van der Waals surface area contributed by atoms with E-state index in [1.165, 1.54) is 12.8 Å². The molecule has 162 valence electrons. The van der Waals surface area contributed by atoms with Crippen LogP contribution in [0.15, 0.2) is 0 Å². The number of alkyl carbamates (subject to hydrolysis) is 2.